The number of carbonyl (C=O) groups is 1. The Labute approximate surface area is 76.4 Å². The Morgan fingerprint density at radius 1 is 1.25 bits per heavy atom. The van der Waals surface area contributed by atoms with E-state index in [0.717, 1.165) is 0 Å². The molecule has 0 aliphatic heterocycles. The maximum absolute atomic E-state index is 10.6. The maximum atomic E-state index is 10.6. The average Bonchev–Trinajstić information content (AvgIpc) is 2.02. The van der Waals surface area contributed by atoms with E-state index in [0.29, 0.717) is 13.2 Å². The standard InChI is InChI=1S/C6H12N2O3S/c1-3-10-5(9)7-8-6(12)11-4-2/h3-4H2,1-2H3,(H,7,9)(H,8,12). The normalized spacial score (nSPS) is 8.50. The summed E-state index contributed by atoms with van der Waals surface area (Å²) in [6, 6.07) is 0. The quantitative estimate of drug-likeness (QED) is 0.494. The molecule has 12 heavy (non-hydrogen) atoms. The second-order valence-electron chi connectivity index (χ2n) is 1.69. The topological polar surface area (TPSA) is 59.6 Å². The Kier molecular flexibility index (Phi) is 6.08. The molecule has 0 saturated heterocycles. The Morgan fingerprint density at radius 2 is 1.83 bits per heavy atom. The summed E-state index contributed by atoms with van der Waals surface area (Å²) in [6.45, 7) is 4.27. The molecule has 0 unspecified atom stereocenters. The van der Waals surface area contributed by atoms with Crippen molar-refractivity contribution in [1.29, 1.82) is 0 Å². The van der Waals surface area contributed by atoms with Gasteiger partial charge in [0.15, 0.2) is 0 Å². The summed E-state index contributed by atoms with van der Waals surface area (Å²) in [5.74, 6) is 0. The van der Waals surface area contributed by atoms with Gasteiger partial charge in [-0.1, -0.05) is 0 Å². The summed E-state index contributed by atoms with van der Waals surface area (Å²) in [7, 11) is 0. The number of thiocarbonyl (C=S) groups is 1. The first kappa shape index (κ1) is 11.0. The molecule has 1 amide bonds. The van der Waals surface area contributed by atoms with Crippen molar-refractivity contribution in [3.05, 3.63) is 0 Å². The highest BCUT2D eigenvalue weighted by atomic mass is 32.1. The number of hydrazine groups is 1. The van der Waals surface area contributed by atoms with Gasteiger partial charge in [0.2, 0.25) is 0 Å². The van der Waals surface area contributed by atoms with Crippen LogP contribution in [0.4, 0.5) is 4.79 Å². The summed E-state index contributed by atoms with van der Waals surface area (Å²) in [5.41, 5.74) is 4.54. The van der Waals surface area contributed by atoms with Gasteiger partial charge in [-0.25, -0.2) is 10.2 Å². The highest BCUT2D eigenvalue weighted by Gasteiger charge is 1.99. The molecule has 0 spiro atoms. The van der Waals surface area contributed by atoms with Crippen LogP contribution in [0.25, 0.3) is 0 Å². The van der Waals surface area contributed by atoms with Crippen molar-refractivity contribution in [3.63, 3.8) is 0 Å². The highest BCUT2D eigenvalue weighted by Crippen LogP contribution is 1.76. The molecule has 2 N–H and O–H groups in total. The summed E-state index contributed by atoms with van der Waals surface area (Å²) in [4.78, 5) is 10.6. The fraction of sp³-hybridized carbons (Fsp3) is 0.667. The number of hydrogen-bond donors (Lipinski definition) is 2. The monoisotopic (exact) mass is 192 g/mol. The van der Waals surface area contributed by atoms with E-state index in [1.807, 2.05) is 0 Å². The van der Waals surface area contributed by atoms with Crippen LogP contribution in [-0.4, -0.2) is 24.5 Å². The summed E-state index contributed by atoms with van der Waals surface area (Å²) in [6.07, 6.45) is -0.584. The number of ether oxygens (including phenoxy) is 2. The summed E-state index contributed by atoms with van der Waals surface area (Å²) >= 11 is 4.65. The van der Waals surface area contributed by atoms with Gasteiger partial charge in [-0.05, 0) is 26.1 Å². The number of rotatable bonds is 2. The zero-order valence-electron chi connectivity index (χ0n) is 7.05. The molecule has 0 fully saturated rings. The third kappa shape index (κ3) is 5.72. The third-order valence-corrected chi connectivity index (χ3v) is 1.04. The van der Waals surface area contributed by atoms with Crippen molar-refractivity contribution in [2.75, 3.05) is 13.2 Å². The third-order valence-electron chi connectivity index (χ3n) is 0.817. The minimum atomic E-state index is -0.584. The molecule has 0 aromatic rings. The lowest BCUT2D eigenvalue weighted by molar-refractivity contribution is 0.148. The molecule has 5 nitrogen and oxygen atoms in total. The Morgan fingerprint density at radius 3 is 2.33 bits per heavy atom. The Bertz CT molecular complexity index is 145. The number of nitrogens with one attached hydrogen (secondary N) is 2. The van der Waals surface area contributed by atoms with Gasteiger partial charge >= 0.3 is 6.09 Å². The van der Waals surface area contributed by atoms with E-state index in [2.05, 4.69) is 27.8 Å². The van der Waals surface area contributed by atoms with Gasteiger partial charge in [-0.15, -0.1) is 0 Å². The van der Waals surface area contributed by atoms with Crippen LogP contribution in [0.2, 0.25) is 0 Å². The second kappa shape index (κ2) is 6.66. The summed E-state index contributed by atoms with van der Waals surface area (Å²) in [5, 5.41) is 0.116. The van der Waals surface area contributed by atoms with E-state index in [1.54, 1.807) is 13.8 Å². The van der Waals surface area contributed by atoms with Crippen LogP contribution in [0.3, 0.4) is 0 Å². The van der Waals surface area contributed by atoms with Crippen LogP contribution in [0.15, 0.2) is 0 Å². The molecule has 0 bridgehead atoms. The van der Waals surface area contributed by atoms with Gasteiger partial charge in [-0.2, -0.15) is 0 Å². The lowest BCUT2D eigenvalue weighted by atomic mass is 10.9. The first-order chi connectivity index (χ1) is 5.70. The van der Waals surface area contributed by atoms with Crippen LogP contribution in [0.5, 0.6) is 0 Å². The molecule has 0 heterocycles. The van der Waals surface area contributed by atoms with Crippen LogP contribution in [0.1, 0.15) is 13.8 Å². The average molecular weight is 192 g/mol. The van der Waals surface area contributed by atoms with Crippen molar-refractivity contribution >= 4 is 23.5 Å². The molecule has 0 saturated carbocycles. The van der Waals surface area contributed by atoms with Gasteiger partial charge in [0.1, 0.15) is 0 Å². The van der Waals surface area contributed by atoms with Crippen LogP contribution >= 0.6 is 12.2 Å². The van der Waals surface area contributed by atoms with Gasteiger partial charge in [0, 0.05) is 0 Å². The summed E-state index contributed by atoms with van der Waals surface area (Å²) < 4.78 is 9.36. The van der Waals surface area contributed by atoms with E-state index in [1.165, 1.54) is 0 Å². The first-order valence-corrected chi connectivity index (χ1v) is 3.97. The smallest absolute Gasteiger partial charge is 0.426 e. The fourth-order valence-corrected chi connectivity index (χ4v) is 0.605. The largest absolute Gasteiger partial charge is 0.470 e. The molecular formula is C6H12N2O3S. The van der Waals surface area contributed by atoms with Gasteiger partial charge < -0.3 is 9.47 Å². The molecular weight excluding hydrogens is 180 g/mol. The van der Waals surface area contributed by atoms with E-state index in [4.69, 9.17) is 4.74 Å². The molecule has 0 rings (SSSR count). The van der Waals surface area contributed by atoms with E-state index in [9.17, 15) is 4.79 Å². The Balaban J connectivity index is 3.40. The van der Waals surface area contributed by atoms with Gasteiger partial charge in [-0.3, -0.25) is 5.43 Å². The lowest BCUT2D eigenvalue weighted by Gasteiger charge is -2.08. The van der Waals surface area contributed by atoms with Crippen molar-refractivity contribution in [3.8, 4) is 0 Å². The van der Waals surface area contributed by atoms with E-state index in [-0.39, 0.29) is 5.17 Å². The van der Waals surface area contributed by atoms with Crippen molar-refractivity contribution in [1.82, 2.24) is 10.9 Å². The van der Waals surface area contributed by atoms with Crippen LogP contribution in [-0.2, 0) is 9.47 Å². The zero-order valence-corrected chi connectivity index (χ0v) is 7.86. The number of carbonyl (C=O) groups excluding carboxylic acids is 1. The van der Waals surface area contributed by atoms with Crippen LogP contribution in [0, 0.1) is 0 Å². The molecule has 0 aliphatic rings. The minimum Gasteiger partial charge on any atom is -0.470 e. The second-order valence-corrected chi connectivity index (χ2v) is 2.06. The SMILES string of the molecule is CCOC(=O)NNC(=S)OCC. The molecule has 6 heteroatoms. The minimum absolute atomic E-state index is 0.116. The molecule has 0 aliphatic carbocycles. The molecule has 70 valence electrons. The Hall–Kier alpha value is -1.04. The van der Waals surface area contributed by atoms with Crippen molar-refractivity contribution in [2.24, 2.45) is 0 Å². The molecule has 0 atom stereocenters. The fourth-order valence-electron chi connectivity index (χ4n) is 0.436. The van der Waals surface area contributed by atoms with Crippen molar-refractivity contribution < 1.29 is 14.3 Å². The predicted molar refractivity (Wildman–Crippen MR) is 47.5 cm³/mol. The number of amides is 1. The molecule has 0 radical (unpaired) electrons. The van der Waals surface area contributed by atoms with Gasteiger partial charge in [0.25, 0.3) is 5.17 Å². The van der Waals surface area contributed by atoms with Crippen LogP contribution < -0.4 is 10.9 Å². The predicted octanol–water partition coefficient (Wildman–Crippen LogP) is 0.559. The van der Waals surface area contributed by atoms with Crippen molar-refractivity contribution in [2.45, 2.75) is 13.8 Å². The number of hydrogen-bond acceptors (Lipinski definition) is 4. The lowest BCUT2D eigenvalue weighted by Crippen LogP contribution is -2.42. The molecule has 0 aromatic carbocycles. The first-order valence-electron chi connectivity index (χ1n) is 3.56. The zero-order chi connectivity index (χ0) is 9.40. The molecule has 0 aromatic heterocycles. The van der Waals surface area contributed by atoms with Gasteiger partial charge in [0.05, 0.1) is 13.2 Å². The maximum Gasteiger partial charge on any atom is 0.426 e. The van der Waals surface area contributed by atoms with E-state index < -0.39 is 6.09 Å². The van der Waals surface area contributed by atoms with E-state index >= 15 is 0 Å². The highest BCUT2D eigenvalue weighted by molar-refractivity contribution is 7.80.